The van der Waals surface area contributed by atoms with Gasteiger partial charge in [-0.25, -0.2) is 4.98 Å². The molecule has 0 fully saturated rings. The van der Waals surface area contributed by atoms with Gasteiger partial charge < -0.3 is 10.3 Å². The molecule has 0 aromatic carbocycles. The van der Waals surface area contributed by atoms with Crippen LogP contribution >= 0.6 is 0 Å². The van der Waals surface area contributed by atoms with Gasteiger partial charge in [0.1, 0.15) is 5.82 Å². The Morgan fingerprint density at radius 2 is 2.14 bits per heavy atom. The molecule has 4 heteroatoms. The topological polar surface area (TPSA) is 57.8 Å². The first-order valence-corrected chi connectivity index (χ1v) is 4.98. The molecule has 4 nitrogen and oxygen atoms in total. The Morgan fingerprint density at radius 3 is 2.64 bits per heavy atom. The average Bonchev–Trinajstić information content (AvgIpc) is 2.14. The van der Waals surface area contributed by atoms with Crippen LogP contribution in [-0.2, 0) is 13.0 Å². The minimum absolute atomic E-state index is 0.00657. The fraction of sp³-hybridized carbons (Fsp3) is 0.600. The van der Waals surface area contributed by atoms with Crippen LogP contribution in [0.5, 0.6) is 0 Å². The Labute approximate surface area is 83.8 Å². The standard InChI is InChI=1S/C10H17N3O/c1-4-8-7(3)12-9(6-11-5-2)13-10(8)14/h11H,4-6H2,1-3H3,(H,12,13,14). The molecule has 2 N–H and O–H groups in total. The maximum atomic E-state index is 11.5. The molecule has 0 unspecified atom stereocenters. The van der Waals surface area contributed by atoms with Crippen molar-refractivity contribution in [1.29, 1.82) is 0 Å². The maximum Gasteiger partial charge on any atom is 0.254 e. The molecule has 0 aliphatic carbocycles. The number of aromatic amines is 1. The highest BCUT2D eigenvalue weighted by Crippen LogP contribution is 1.99. The summed E-state index contributed by atoms with van der Waals surface area (Å²) in [4.78, 5) is 18.6. The highest BCUT2D eigenvalue weighted by molar-refractivity contribution is 5.16. The number of aromatic nitrogens is 2. The van der Waals surface area contributed by atoms with Crippen LogP contribution in [0.3, 0.4) is 0 Å². The van der Waals surface area contributed by atoms with Crippen molar-refractivity contribution in [3.8, 4) is 0 Å². The van der Waals surface area contributed by atoms with Crippen LogP contribution in [-0.4, -0.2) is 16.5 Å². The number of rotatable bonds is 4. The van der Waals surface area contributed by atoms with E-state index in [9.17, 15) is 4.79 Å². The first-order chi connectivity index (χ1) is 6.69. The molecule has 0 aliphatic heterocycles. The summed E-state index contributed by atoms with van der Waals surface area (Å²) in [5.74, 6) is 0.714. The lowest BCUT2D eigenvalue weighted by Crippen LogP contribution is -2.22. The third-order valence-corrected chi connectivity index (χ3v) is 2.17. The molecule has 0 atom stereocenters. The lowest BCUT2D eigenvalue weighted by atomic mass is 10.2. The van der Waals surface area contributed by atoms with Crippen molar-refractivity contribution in [2.45, 2.75) is 33.7 Å². The van der Waals surface area contributed by atoms with Crippen molar-refractivity contribution in [2.75, 3.05) is 6.54 Å². The Bertz CT molecular complexity index is 357. The average molecular weight is 195 g/mol. The molecule has 0 bridgehead atoms. The summed E-state index contributed by atoms with van der Waals surface area (Å²) < 4.78 is 0. The Hall–Kier alpha value is -1.16. The van der Waals surface area contributed by atoms with Gasteiger partial charge in [-0.05, 0) is 19.9 Å². The molecule has 1 aromatic rings. The molecule has 0 aliphatic rings. The van der Waals surface area contributed by atoms with Gasteiger partial charge in [-0.3, -0.25) is 4.79 Å². The predicted molar refractivity (Wildman–Crippen MR) is 56.4 cm³/mol. The van der Waals surface area contributed by atoms with E-state index in [0.29, 0.717) is 12.4 Å². The largest absolute Gasteiger partial charge is 0.310 e. The van der Waals surface area contributed by atoms with Crippen LogP contribution in [0.2, 0.25) is 0 Å². The van der Waals surface area contributed by atoms with Gasteiger partial charge in [0.05, 0.1) is 6.54 Å². The van der Waals surface area contributed by atoms with Crippen molar-refractivity contribution in [2.24, 2.45) is 0 Å². The van der Waals surface area contributed by atoms with E-state index in [4.69, 9.17) is 0 Å². The van der Waals surface area contributed by atoms with Crippen LogP contribution in [0.25, 0.3) is 0 Å². The summed E-state index contributed by atoms with van der Waals surface area (Å²) in [6.45, 7) is 7.35. The minimum Gasteiger partial charge on any atom is -0.310 e. The summed E-state index contributed by atoms with van der Waals surface area (Å²) in [5, 5.41) is 3.12. The summed E-state index contributed by atoms with van der Waals surface area (Å²) in [6, 6.07) is 0. The molecule has 0 amide bonds. The number of nitrogens with zero attached hydrogens (tertiary/aromatic N) is 1. The van der Waals surface area contributed by atoms with Gasteiger partial charge in [-0.1, -0.05) is 13.8 Å². The smallest absolute Gasteiger partial charge is 0.254 e. The van der Waals surface area contributed by atoms with Crippen molar-refractivity contribution in [1.82, 2.24) is 15.3 Å². The Morgan fingerprint density at radius 1 is 1.43 bits per heavy atom. The third kappa shape index (κ3) is 2.42. The number of nitrogens with one attached hydrogen (secondary N) is 2. The molecule has 14 heavy (non-hydrogen) atoms. The van der Waals surface area contributed by atoms with Gasteiger partial charge in [0.2, 0.25) is 0 Å². The number of aryl methyl sites for hydroxylation is 1. The Balaban J connectivity index is 2.96. The van der Waals surface area contributed by atoms with Gasteiger partial charge in [0.15, 0.2) is 0 Å². The van der Waals surface area contributed by atoms with E-state index >= 15 is 0 Å². The molecule has 78 valence electrons. The molecule has 1 rings (SSSR count). The molecule has 0 saturated heterocycles. The number of hydrogen-bond acceptors (Lipinski definition) is 3. The minimum atomic E-state index is -0.00657. The van der Waals surface area contributed by atoms with E-state index in [1.54, 1.807) is 0 Å². The monoisotopic (exact) mass is 195 g/mol. The predicted octanol–water partition coefficient (Wildman–Crippen LogP) is 0.750. The van der Waals surface area contributed by atoms with E-state index < -0.39 is 0 Å². The zero-order valence-electron chi connectivity index (χ0n) is 8.98. The second-order valence-corrected chi connectivity index (χ2v) is 3.21. The lowest BCUT2D eigenvalue weighted by molar-refractivity contribution is 0.680. The van der Waals surface area contributed by atoms with Crippen LogP contribution in [0.4, 0.5) is 0 Å². The Kier molecular flexibility index (Phi) is 3.83. The van der Waals surface area contributed by atoms with E-state index in [0.717, 1.165) is 24.2 Å². The van der Waals surface area contributed by atoms with Crippen LogP contribution in [0, 0.1) is 6.92 Å². The van der Waals surface area contributed by atoms with Crippen LogP contribution in [0.1, 0.15) is 30.9 Å². The second-order valence-electron chi connectivity index (χ2n) is 3.21. The number of hydrogen-bond donors (Lipinski definition) is 2. The van der Waals surface area contributed by atoms with Crippen LogP contribution in [0.15, 0.2) is 4.79 Å². The summed E-state index contributed by atoms with van der Waals surface area (Å²) >= 11 is 0. The zero-order chi connectivity index (χ0) is 10.6. The highest BCUT2D eigenvalue weighted by atomic mass is 16.1. The van der Waals surface area contributed by atoms with Gasteiger partial charge in [-0.2, -0.15) is 0 Å². The van der Waals surface area contributed by atoms with E-state index in [1.807, 2.05) is 20.8 Å². The number of H-pyrrole nitrogens is 1. The van der Waals surface area contributed by atoms with Gasteiger partial charge in [0, 0.05) is 11.3 Å². The summed E-state index contributed by atoms with van der Waals surface area (Å²) in [7, 11) is 0. The zero-order valence-corrected chi connectivity index (χ0v) is 8.98. The maximum absolute atomic E-state index is 11.5. The highest BCUT2D eigenvalue weighted by Gasteiger charge is 2.04. The molecule has 0 spiro atoms. The summed E-state index contributed by atoms with van der Waals surface area (Å²) in [6.07, 6.45) is 0.732. The molecule has 0 saturated carbocycles. The molecule has 1 aromatic heterocycles. The van der Waals surface area contributed by atoms with Crippen molar-refractivity contribution in [3.05, 3.63) is 27.4 Å². The molecule has 1 heterocycles. The first kappa shape index (κ1) is 10.9. The molecule has 0 radical (unpaired) electrons. The van der Waals surface area contributed by atoms with Gasteiger partial charge in [-0.15, -0.1) is 0 Å². The van der Waals surface area contributed by atoms with E-state index in [-0.39, 0.29) is 5.56 Å². The molecular formula is C10H17N3O. The van der Waals surface area contributed by atoms with Crippen molar-refractivity contribution < 1.29 is 0 Å². The van der Waals surface area contributed by atoms with Crippen molar-refractivity contribution in [3.63, 3.8) is 0 Å². The van der Waals surface area contributed by atoms with Gasteiger partial charge >= 0.3 is 0 Å². The SMILES string of the molecule is CCNCc1nc(C)c(CC)c(=O)[nH]1. The molecular weight excluding hydrogens is 178 g/mol. The third-order valence-electron chi connectivity index (χ3n) is 2.17. The quantitative estimate of drug-likeness (QED) is 0.745. The lowest BCUT2D eigenvalue weighted by Gasteiger charge is -2.05. The first-order valence-electron chi connectivity index (χ1n) is 4.98. The fourth-order valence-corrected chi connectivity index (χ4v) is 1.41. The fourth-order valence-electron chi connectivity index (χ4n) is 1.41. The second kappa shape index (κ2) is 4.91. The summed E-state index contributed by atoms with van der Waals surface area (Å²) in [5.41, 5.74) is 1.61. The normalized spacial score (nSPS) is 10.5. The van der Waals surface area contributed by atoms with Gasteiger partial charge in [0.25, 0.3) is 5.56 Å². The van der Waals surface area contributed by atoms with Crippen LogP contribution < -0.4 is 10.9 Å². The van der Waals surface area contributed by atoms with E-state index in [1.165, 1.54) is 0 Å². The van der Waals surface area contributed by atoms with Crippen molar-refractivity contribution >= 4 is 0 Å². The van der Waals surface area contributed by atoms with E-state index in [2.05, 4.69) is 15.3 Å².